The first-order valence-corrected chi connectivity index (χ1v) is 12.0. The van der Waals surface area contributed by atoms with Crippen molar-refractivity contribution >= 4 is 46.3 Å². The van der Waals surface area contributed by atoms with Gasteiger partial charge in [-0.05, 0) is 43.5 Å². The molecule has 1 N–H and O–H groups in total. The van der Waals surface area contributed by atoms with E-state index in [2.05, 4.69) is 10.3 Å². The SMILES string of the molecule is Cn1c(=O)n(CCCC[C@@H]2CN(c3ccc4c(n3)NC(=O)CS4)C(=O)O2)c(=O)c2ccccc21. The highest BCUT2D eigenvalue weighted by Gasteiger charge is 2.33. The Bertz CT molecular complexity index is 1420. The molecule has 2 aromatic heterocycles. The fraction of sp³-hybridized carbons (Fsp3) is 0.348. The second kappa shape index (κ2) is 8.98. The third kappa shape index (κ3) is 4.07. The van der Waals surface area contributed by atoms with Crippen molar-refractivity contribution in [2.75, 3.05) is 22.5 Å². The first kappa shape index (κ1) is 22.2. The minimum Gasteiger partial charge on any atom is -0.444 e. The molecule has 11 heteroatoms. The lowest BCUT2D eigenvalue weighted by Gasteiger charge is -2.18. The summed E-state index contributed by atoms with van der Waals surface area (Å²) in [6, 6.07) is 10.6. The number of hydrogen-bond donors (Lipinski definition) is 1. The third-order valence-electron chi connectivity index (χ3n) is 6.03. The number of carbonyl (C=O) groups is 2. The highest BCUT2D eigenvalue weighted by atomic mass is 32.2. The molecule has 2 aliphatic rings. The van der Waals surface area contributed by atoms with Gasteiger partial charge in [-0.25, -0.2) is 14.6 Å². The topological polar surface area (TPSA) is 116 Å². The molecule has 34 heavy (non-hydrogen) atoms. The molecule has 5 rings (SSSR count). The van der Waals surface area contributed by atoms with E-state index in [9.17, 15) is 19.2 Å². The van der Waals surface area contributed by atoms with Crippen LogP contribution in [-0.4, -0.2) is 44.5 Å². The molecule has 4 heterocycles. The van der Waals surface area contributed by atoms with E-state index in [-0.39, 0.29) is 23.3 Å². The fourth-order valence-electron chi connectivity index (χ4n) is 4.27. The molecule has 2 amide bonds. The zero-order chi connectivity index (χ0) is 23.8. The molecule has 1 fully saturated rings. The largest absolute Gasteiger partial charge is 0.444 e. The Hall–Kier alpha value is -3.60. The summed E-state index contributed by atoms with van der Waals surface area (Å²) in [6.45, 7) is 0.647. The molecule has 1 atom stereocenters. The van der Waals surface area contributed by atoms with Gasteiger partial charge in [-0.3, -0.25) is 23.6 Å². The highest BCUT2D eigenvalue weighted by Crippen LogP contribution is 2.33. The lowest BCUT2D eigenvalue weighted by molar-refractivity contribution is -0.113. The van der Waals surface area contributed by atoms with Crippen LogP contribution in [0.2, 0.25) is 0 Å². The van der Waals surface area contributed by atoms with Crippen molar-refractivity contribution in [3.05, 3.63) is 57.2 Å². The Morgan fingerprint density at radius 2 is 1.94 bits per heavy atom. The number of rotatable bonds is 6. The summed E-state index contributed by atoms with van der Waals surface area (Å²) < 4.78 is 8.24. The zero-order valence-corrected chi connectivity index (χ0v) is 19.3. The maximum atomic E-state index is 12.8. The first-order chi connectivity index (χ1) is 16.4. The summed E-state index contributed by atoms with van der Waals surface area (Å²) in [5.74, 6) is 1.11. The van der Waals surface area contributed by atoms with Crippen LogP contribution in [0.4, 0.5) is 16.4 Å². The van der Waals surface area contributed by atoms with E-state index in [1.807, 2.05) is 6.07 Å². The van der Waals surface area contributed by atoms with Crippen molar-refractivity contribution in [3.63, 3.8) is 0 Å². The predicted molar refractivity (Wildman–Crippen MR) is 129 cm³/mol. The monoisotopic (exact) mass is 481 g/mol. The molecule has 0 aliphatic carbocycles. The van der Waals surface area contributed by atoms with E-state index in [1.165, 1.54) is 25.8 Å². The van der Waals surface area contributed by atoms with Crippen LogP contribution in [-0.2, 0) is 23.1 Å². The fourth-order valence-corrected chi connectivity index (χ4v) is 5.02. The molecular formula is C23H23N5O5S. The number of unbranched alkanes of at least 4 members (excludes halogenated alkanes) is 1. The Morgan fingerprint density at radius 3 is 2.79 bits per heavy atom. The normalized spacial score (nSPS) is 17.6. The lowest BCUT2D eigenvalue weighted by Crippen LogP contribution is -2.39. The van der Waals surface area contributed by atoms with Crippen LogP contribution in [0.25, 0.3) is 10.9 Å². The second-order valence-corrected chi connectivity index (χ2v) is 9.30. The van der Waals surface area contributed by atoms with Crippen LogP contribution in [0.1, 0.15) is 19.3 Å². The molecular weight excluding hydrogens is 458 g/mol. The van der Waals surface area contributed by atoms with E-state index in [1.54, 1.807) is 37.4 Å². The van der Waals surface area contributed by atoms with Crippen molar-refractivity contribution in [1.29, 1.82) is 0 Å². The molecule has 0 bridgehead atoms. The van der Waals surface area contributed by atoms with Crippen molar-refractivity contribution in [3.8, 4) is 0 Å². The van der Waals surface area contributed by atoms with Crippen LogP contribution in [0.15, 0.2) is 50.9 Å². The number of aromatic nitrogens is 3. The number of pyridine rings is 1. The van der Waals surface area contributed by atoms with E-state index in [4.69, 9.17) is 4.74 Å². The molecule has 0 radical (unpaired) electrons. The Labute approximate surface area is 198 Å². The van der Waals surface area contributed by atoms with Gasteiger partial charge in [0.2, 0.25) is 5.91 Å². The smallest absolute Gasteiger partial charge is 0.415 e. The number of amides is 2. The molecule has 1 saturated heterocycles. The average Bonchev–Trinajstić information content (AvgIpc) is 3.22. The number of ether oxygens (including phenoxy) is 1. The molecule has 0 saturated carbocycles. The van der Waals surface area contributed by atoms with Gasteiger partial charge in [-0.15, -0.1) is 11.8 Å². The van der Waals surface area contributed by atoms with Crippen molar-refractivity contribution in [1.82, 2.24) is 14.1 Å². The van der Waals surface area contributed by atoms with Gasteiger partial charge in [-0.1, -0.05) is 12.1 Å². The van der Waals surface area contributed by atoms with Crippen LogP contribution < -0.4 is 21.5 Å². The molecule has 3 aromatic rings. The number of anilines is 2. The van der Waals surface area contributed by atoms with Crippen LogP contribution in [0, 0.1) is 0 Å². The molecule has 176 valence electrons. The predicted octanol–water partition coefficient (Wildman–Crippen LogP) is 2.34. The Morgan fingerprint density at radius 1 is 1.12 bits per heavy atom. The van der Waals surface area contributed by atoms with E-state index in [0.717, 1.165) is 4.90 Å². The summed E-state index contributed by atoms with van der Waals surface area (Å²) in [4.78, 5) is 56.2. The second-order valence-electron chi connectivity index (χ2n) is 8.28. The summed E-state index contributed by atoms with van der Waals surface area (Å²) in [5.41, 5.74) is -0.0209. The Kier molecular flexibility index (Phi) is 5.86. The maximum Gasteiger partial charge on any atom is 0.415 e. The summed E-state index contributed by atoms with van der Waals surface area (Å²) in [6.07, 6.45) is 1.08. The van der Waals surface area contributed by atoms with Gasteiger partial charge in [0.25, 0.3) is 5.56 Å². The summed E-state index contributed by atoms with van der Waals surface area (Å²) >= 11 is 1.41. The Balaban J connectivity index is 1.20. The number of fused-ring (bicyclic) bond motifs is 2. The standard InChI is InChI=1S/C23H23N5O5S/c1-26-16-8-3-2-7-15(16)21(30)27(22(26)31)11-5-4-6-14-12-28(23(32)33-14)18-10-9-17-20(24-18)25-19(29)13-34-17/h2-3,7-10,14H,4-6,11-13H2,1H3,(H,24,25,29)/t14-/m1/s1. The van der Waals surface area contributed by atoms with Crippen LogP contribution in [0.5, 0.6) is 0 Å². The van der Waals surface area contributed by atoms with E-state index >= 15 is 0 Å². The maximum absolute atomic E-state index is 12.8. The van der Waals surface area contributed by atoms with Gasteiger partial charge in [-0.2, -0.15) is 0 Å². The average molecular weight is 482 g/mol. The first-order valence-electron chi connectivity index (χ1n) is 11.0. The summed E-state index contributed by atoms with van der Waals surface area (Å²) in [7, 11) is 1.66. The number of para-hydroxylation sites is 1. The number of thioether (sulfide) groups is 1. The number of nitrogens with one attached hydrogen (secondary N) is 1. The van der Waals surface area contributed by atoms with Gasteiger partial charge in [0, 0.05) is 13.6 Å². The van der Waals surface area contributed by atoms with Gasteiger partial charge in [0.15, 0.2) is 0 Å². The highest BCUT2D eigenvalue weighted by molar-refractivity contribution is 8.00. The minimum atomic E-state index is -0.480. The van der Waals surface area contributed by atoms with Gasteiger partial charge >= 0.3 is 11.8 Å². The van der Waals surface area contributed by atoms with Gasteiger partial charge in [0.1, 0.15) is 17.7 Å². The zero-order valence-electron chi connectivity index (χ0n) is 18.5. The minimum absolute atomic E-state index is 0.121. The number of hydrogen-bond acceptors (Lipinski definition) is 7. The molecule has 10 nitrogen and oxygen atoms in total. The van der Waals surface area contributed by atoms with Crippen molar-refractivity contribution in [2.24, 2.45) is 7.05 Å². The molecule has 0 spiro atoms. The molecule has 2 aliphatic heterocycles. The molecule has 1 aromatic carbocycles. The number of nitrogens with zero attached hydrogens (tertiary/aromatic N) is 4. The van der Waals surface area contributed by atoms with Crippen LogP contribution in [0.3, 0.4) is 0 Å². The van der Waals surface area contributed by atoms with E-state index < -0.39 is 6.09 Å². The number of benzene rings is 1. The summed E-state index contributed by atoms with van der Waals surface area (Å²) in [5, 5.41) is 3.24. The lowest BCUT2D eigenvalue weighted by atomic mass is 10.1. The van der Waals surface area contributed by atoms with E-state index in [0.29, 0.717) is 60.6 Å². The number of cyclic esters (lactones) is 1. The molecule has 0 unspecified atom stereocenters. The van der Waals surface area contributed by atoms with Crippen molar-refractivity contribution in [2.45, 2.75) is 36.8 Å². The quantitative estimate of drug-likeness (QED) is 0.537. The van der Waals surface area contributed by atoms with Crippen LogP contribution >= 0.6 is 11.8 Å². The van der Waals surface area contributed by atoms with Crippen molar-refractivity contribution < 1.29 is 14.3 Å². The van der Waals surface area contributed by atoms with Gasteiger partial charge < -0.3 is 10.1 Å². The number of aryl methyl sites for hydroxylation is 1. The third-order valence-corrected chi connectivity index (χ3v) is 7.07. The number of carbonyl (C=O) groups excluding carboxylic acids is 2. The van der Waals surface area contributed by atoms with Gasteiger partial charge in [0.05, 0.1) is 28.1 Å².